The van der Waals surface area contributed by atoms with Crippen molar-refractivity contribution in [2.24, 2.45) is 0 Å². The van der Waals surface area contributed by atoms with Gasteiger partial charge in [0.25, 0.3) is 0 Å². The smallest absolute Gasteiger partial charge is 0.241 e. The van der Waals surface area contributed by atoms with Crippen molar-refractivity contribution < 1.29 is 14.6 Å². The molecule has 1 aliphatic rings. The fourth-order valence-corrected chi connectivity index (χ4v) is 7.82. The van der Waals surface area contributed by atoms with Crippen molar-refractivity contribution in [1.82, 2.24) is 10.2 Å². The predicted octanol–water partition coefficient (Wildman–Crippen LogP) is 6.88. The molecule has 9 heteroatoms. The van der Waals surface area contributed by atoms with Crippen molar-refractivity contribution in [3.63, 3.8) is 0 Å². The highest BCUT2D eigenvalue weighted by atomic mass is 127. The third-order valence-corrected chi connectivity index (χ3v) is 8.91. The molecule has 4 rings (SSSR count). The molecule has 1 heterocycles. The number of nitrogens with zero attached hydrogens (tertiary/aromatic N) is 1. The zero-order valence-electron chi connectivity index (χ0n) is 18.4. The molecule has 3 aromatic carbocycles. The van der Waals surface area contributed by atoms with Crippen LogP contribution in [0.5, 0.6) is 17.2 Å². The Morgan fingerprint density at radius 1 is 0.941 bits per heavy atom. The molecule has 1 atom stereocenters. The molecule has 1 fully saturated rings. The van der Waals surface area contributed by atoms with Crippen LogP contribution in [0.1, 0.15) is 25.0 Å². The van der Waals surface area contributed by atoms with Crippen molar-refractivity contribution in [3.05, 3.63) is 80.0 Å². The van der Waals surface area contributed by atoms with Gasteiger partial charge in [-0.15, -0.1) is 0 Å². The molecule has 2 N–H and O–H groups in total. The molecule has 0 bridgehead atoms. The Balaban J connectivity index is 1.52. The SMILES string of the molecule is CC1(C)N[C@@H](Cc2cc(I)c(Oc3cc(I)c(O)c(I)c3)c(I)c2)C(=O)N1Cc1ccccc1. The third-order valence-electron chi connectivity index (χ3n) is 5.66. The van der Waals surface area contributed by atoms with Gasteiger partial charge in [0.05, 0.1) is 26.0 Å². The van der Waals surface area contributed by atoms with Gasteiger partial charge in [0.1, 0.15) is 11.5 Å². The number of rotatable bonds is 6. The van der Waals surface area contributed by atoms with E-state index in [9.17, 15) is 9.90 Å². The van der Waals surface area contributed by atoms with E-state index in [1.165, 1.54) is 0 Å². The van der Waals surface area contributed by atoms with E-state index >= 15 is 0 Å². The highest BCUT2D eigenvalue weighted by Gasteiger charge is 2.44. The van der Waals surface area contributed by atoms with Crippen LogP contribution in [0.25, 0.3) is 0 Å². The monoisotopic (exact) mass is 906 g/mol. The van der Waals surface area contributed by atoms with Gasteiger partial charge in [0.2, 0.25) is 5.91 Å². The lowest BCUT2D eigenvalue weighted by atomic mass is 10.1. The number of halogens is 4. The van der Waals surface area contributed by atoms with Crippen LogP contribution in [0, 0.1) is 14.3 Å². The Hall–Kier alpha value is -0.390. The molecule has 0 unspecified atom stereocenters. The van der Waals surface area contributed by atoms with Crippen LogP contribution in [0.2, 0.25) is 0 Å². The number of hydrogen-bond acceptors (Lipinski definition) is 4. The number of phenols is 1. The number of aromatic hydroxyl groups is 1. The molecule has 1 aliphatic heterocycles. The number of hydrogen-bond donors (Lipinski definition) is 2. The van der Waals surface area contributed by atoms with E-state index in [1.54, 1.807) is 0 Å². The summed E-state index contributed by atoms with van der Waals surface area (Å²) >= 11 is 8.76. The highest BCUT2D eigenvalue weighted by molar-refractivity contribution is 14.1. The van der Waals surface area contributed by atoms with Gasteiger partial charge < -0.3 is 14.7 Å². The molecule has 0 radical (unpaired) electrons. The maximum atomic E-state index is 13.3. The van der Waals surface area contributed by atoms with Crippen LogP contribution in [0.15, 0.2) is 54.6 Å². The molecule has 34 heavy (non-hydrogen) atoms. The highest BCUT2D eigenvalue weighted by Crippen LogP contribution is 2.37. The lowest BCUT2D eigenvalue weighted by molar-refractivity contribution is -0.132. The van der Waals surface area contributed by atoms with Crippen LogP contribution in [0.3, 0.4) is 0 Å². The quantitative estimate of drug-likeness (QED) is 0.265. The molecular weight excluding hydrogens is 884 g/mol. The normalized spacial score (nSPS) is 17.3. The summed E-state index contributed by atoms with van der Waals surface area (Å²) < 4.78 is 9.63. The Morgan fingerprint density at radius 3 is 2.12 bits per heavy atom. The molecule has 0 aromatic heterocycles. The van der Waals surface area contributed by atoms with Gasteiger partial charge in [0.15, 0.2) is 5.75 Å². The number of phenolic OH excluding ortho intramolecular Hbond substituents is 1. The van der Waals surface area contributed by atoms with E-state index in [-0.39, 0.29) is 17.7 Å². The Kier molecular flexibility index (Phi) is 8.57. The first-order chi connectivity index (χ1) is 16.0. The Bertz CT molecular complexity index is 1190. The van der Waals surface area contributed by atoms with E-state index in [4.69, 9.17) is 4.74 Å². The summed E-state index contributed by atoms with van der Waals surface area (Å²) in [5.74, 6) is 1.85. The largest absolute Gasteiger partial charge is 0.506 e. The van der Waals surface area contributed by atoms with E-state index in [2.05, 4.69) is 134 Å². The first-order valence-corrected chi connectivity index (χ1v) is 14.8. The van der Waals surface area contributed by atoms with Crippen molar-refractivity contribution in [1.29, 1.82) is 0 Å². The summed E-state index contributed by atoms with van der Waals surface area (Å²) in [6.45, 7) is 4.69. The van der Waals surface area contributed by atoms with Gasteiger partial charge in [-0.2, -0.15) is 0 Å². The van der Waals surface area contributed by atoms with Crippen LogP contribution in [0.4, 0.5) is 0 Å². The van der Waals surface area contributed by atoms with Gasteiger partial charge in [-0.25, -0.2) is 0 Å². The number of nitrogens with one attached hydrogen (secondary N) is 1. The second-order valence-electron chi connectivity index (χ2n) is 8.60. The number of carbonyl (C=O) groups is 1. The fraction of sp³-hybridized carbons (Fsp3) is 0.240. The lowest BCUT2D eigenvalue weighted by Gasteiger charge is -2.31. The lowest BCUT2D eigenvalue weighted by Crippen LogP contribution is -2.46. The van der Waals surface area contributed by atoms with Crippen LogP contribution < -0.4 is 10.1 Å². The first kappa shape index (κ1) is 26.7. The maximum Gasteiger partial charge on any atom is 0.241 e. The van der Waals surface area contributed by atoms with E-state index < -0.39 is 5.66 Å². The van der Waals surface area contributed by atoms with Crippen molar-refractivity contribution in [2.45, 2.75) is 38.5 Å². The second kappa shape index (κ2) is 10.9. The fourth-order valence-electron chi connectivity index (χ4n) is 3.99. The predicted molar refractivity (Wildman–Crippen MR) is 167 cm³/mol. The van der Waals surface area contributed by atoms with Gasteiger partial charge in [-0.1, -0.05) is 30.3 Å². The molecule has 1 saturated heterocycles. The summed E-state index contributed by atoms with van der Waals surface area (Å²) in [6.07, 6.45) is 0.606. The first-order valence-electron chi connectivity index (χ1n) is 10.5. The average molecular weight is 906 g/mol. The number of carbonyl (C=O) groups excluding carboxylic acids is 1. The Morgan fingerprint density at radius 2 is 1.53 bits per heavy atom. The molecule has 0 aliphatic carbocycles. The van der Waals surface area contributed by atoms with Crippen LogP contribution in [-0.4, -0.2) is 27.6 Å². The molecule has 1 amide bonds. The maximum absolute atomic E-state index is 13.3. The summed E-state index contributed by atoms with van der Waals surface area (Å²) in [5, 5.41) is 13.6. The third kappa shape index (κ3) is 5.94. The molecule has 3 aromatic rings. The zero-order valence-corrected chi connectivity index (χ0v) is 27.0. The van der Waals surface area contributed by atoms with Gasteiger partial charge in [-0.3, -0.25) is 10.1 Å². The second-order valence-corrected chi connectivity index (χ2v) is 13.2. The van der Waals surface area contributed by atoms with Crippen molar-refractivity contribution in [2.75, 3.05) is 0 Å². The van der Waals surface area contributed by atoms with Gasteiger partial charge >= 0.3 is 0 Å². The van der Waals surface area contributed by atoms with E-state index in [0.29, 0.717) is 18.7 Å². The summed E-state index contributed by atoms with van der Waals surface area (Å²) in [4.78, 5) is 15.2. The Labute approximate surface area is 254 Å². The van der Waals surface area contributed by atoms with Gasteiger partial charge in [-0.05, 0) is 146 Å². The molecule has 0 spiro atoms. The number of ether oxygens (including phenoxy) is 1. The van der Waals surface area contributed by atoms with Crippen molar-refractivity contribution in [3.8, 4) is 17.2 Å². The topological polar surface area (TPSA) is 61.8 Å². The molecule has 178 valence electrons. The average Bonchev–Trinajstić information content (AvgIpc) is 2.98. The van der Waals surface area contributed by atoms with Crippen molar-refractivity contribution >= 4 is 96.3 Å². The van der Waals surface area contributed by atoms with Gasteiger partial charge in [0, 0.05) is 6.54 Å². The summed E-state index contributed by atoms with van der Waals surface area (Å²) in [6, 6.07) is 17.6. The standard InChI is InChI=1S/C25H22I4N2O3/c1-25(2)30-21(24(33)31(25)13-14-6-4-3-5-7-14)10-15-8-19(28)23(20(29)9-15)34-16-11-17(26)22(32)18(27)12-16/h3-9,11-12,21,30,32H,10,13H2,1-2H3/t21-/m0/s1. The number of amides is 1. The minimum absolute atomic E-state index is 0.118. The minimum Gasteiger partial charge on any atom is -0.506 e. The minimum atomic E-state index is -0.423. The van der Waals surface area contributed by atoms with Crippen LogP contribution in [-0.2, 0) is 17.8 Å². The molecular formula is C25H22I4N2O3. The van der Waals surface area contributed by atoms with E-state index in [1.807, 2.05) is 35.2 Å². The number of benzene rings is 3. The molecule has 5 nitrogen and oxygen atoms in total. The molecule has 0 saturated carbocycles. The zero-order chi connectivity index (χ0) is 24.6. The van der Waals surface area contributed by atoms with Crippen LogP contribution >= 0.6 is 90.4 Å². The van der Waals surface area contributed by atoms with E-state index in [0.717, 1.165) is 31.2 Å². The summed E-state index contributed by atoms with van der Waals surface area (Å²) in [7, 11) is 0. The summed E-state index contributed by atoms with van der Waals surface area (Å²) in [5.41, 5.74) is 1.78.